The largest absolute Gasteiger partial charge is 0.494 e. The molecule has 0 aliphatic heterocycles. The maximum absolute atomic E-state index is 14.4. The molecule has 0 aliphatic carbocycles. The zero-order chi connectivity index (χ0) is 20.2. The number of halogens is 1. The molecule has 0 atom stereocenters. The van der Waals surface area contributed by atoms with E-state index in [-0.39, 0.29) is 5.82 Å². The summed E-state index contributed by atoms with van der Waals surface area (Å²) >= 11 is 0. The van der Waals surface area contributed by atoms with Crippen LogP contribution in [0, 0.1) is 5.82 Å². The van der Waals surface area contributed by atoms with E-state index < -0.39 is 0 Å². The van der Waals surface area contributed by atoms with Crippen molar-refractivity contribution in [2.75, 3.05) is 19.0 Å². The number of nitrogens with one attached hydrogen (secondary N) is 1. The van der Waals surface area contributed by atoms with Gasteiger partial charge in [-0.3, -0.25) is 4.98 Å². The van der Waals surface area contributed by atoms with Crippen molar-refractivity contribution in [3.63, 3.8) is 0 Å². The van der Waals surface area contributed by atoms with E-state index in [0.717, 1.165) is 23.9 Å². The lowest BCUT2D eigenvalue weighted by atomic mass is 10.0. The molecular formula is C23H21FN4O. The summed E-state index contributed by atoms with van der Waals surface area (Å²) in [5.74, 6) is 1.52. The SMILES string of the molecule is CCCNc1nc(-c2cccnc2)nc2c(OC)cc(-c3ccccc3F)cc12. The second-order valence-corrected chi connectivity index (χ2v) is 6.62. The maximum Gasteiger partial charge on any atom is 0.163 e. The van der Waals surface area contributed by atoms with Gasteiger partial charge in [0.15, 0.2) is 5.82 Å². The fraction of sp³-hybridized carbons (Fsp3) is 0.174. The first kappa shape index (κ1) is 18.8. The highest BCUT2D eigenvalue weighted by molar-refractivity contribution is 5.97. The van der Waals surface area contributed by atoms with E-state index >= 15 is 0 Å². The second-order valence-electron chi connectivity index (χ2n) is 6.62. The van der Waals surface area contributed by atoms with Gasteiger partial charge in [0.1, 0.15) is 22.9 Å². The molecule has 0 saturated carbocycles. The Hall–Kier alpha value is -3.54. The Labute approximate surface area is 168 Å². The molecule has 0 amide bonds. The van der Waals surface area contributed by atoms with Crippen molar-refractivity contribution in [1.29, 1.82) is 0 Å². The van der Waals surface area contributed by atoms with E-state index in [1.165, 1.54) is 6.07 Å². The molecule has 0 spiro atoms. The Kier molecular flexibility index (Phi) is 5.33. The molecule has 0 fully saturated rings. The smallest absolute Gasteiger partial charge is 0.163 e. The van der Waals surface area contributed by atoms with E-state index in [2.05, 4.69) is 17.2 Å². The minimum absolute atomic E-state index is 0.287. The van der Waals surface area contributed by atoms with E-state index in [1.54, 1.807) is 31.6 Å². The highest BCUT2D eigenvalue weighted by atomic mass is 19.1. The van der Waals surface area contributed by atoms with Gasteiger partial charge in [0, 0.05) is 35.5 Å². The van der Waals surface area contributed by atoms with Crippen molar-refractivity contribution in [2.24, 2.45) is 0 Å². The van der Waals surface area contributed by atoms with E-state index in [4.69, 9.17) is 14.7 Å². The average Bonchev–Trinajstić information content (AvgIpc) is 2.77. The Morgan fingerprint density at radius 2 is 1.90 bits per heavy atom. The minimum Gasteiger partial charge on any atom is -0.494 e. The lowest BCUT2D eigenvalue weighted by Gasteiger charge is -2.15. The zero-order valence-corrected chi connectivity index (χ0v) is 16.3. The highest BCUT2D eigenvalue weighted by Gasteiger charge is 2.16. The number of rotatable bonds is 6. The Balaban J connectivity index is 1.98. The van der Waals surface area contributed by atoms with Crippen molar-refractivity contribution in [2.45, 2.75) is 13.3 Å². The normalized spacial score (nSPS) is 10.9. The van der Waals surface area contributed by atoms with Crippen LogP contribution in [0.2, 0.25) is 0 Å². The molecule has 1 N–H and O–H groups in total. The molecule has 2 heterocycles. The number of hydrogen-bond acceptors (Lipinski definition) is 5. The molecule has 146 valence electrons. The third-order valence-electron chi connectivity index (χ3n) is 4.63. The molecular weight excluding hydrogens is 367 g/mol. The van der Waals surface area contributed by atoms with Gasteiger partial charge in [-0.15, -0.1) is 0 Å². The summed E-state index contributed by atoms with van der Waals surface area (Å²) in [5, 5.41) is 4.15. The fourth-order valence-electron chi connectivity index (χ4n) is 3.21. The monoisotopic (exact) mass is 388 g/mol. The maximum atomic E-state index is 14.4. The zero-order valence-electron chi connectivity index (χ0n) is 16.3. The van der Waals surface area contributed by atoms with Crippen LogP contribution < -0.4 is 10.1 Å². The van der Waals surface area contributed by atoms with Gasteiger partial charge in [0.25, 0.3) is 0 Å². The molecule has 2 aromatic heterocycles. The number of anilines is 1. The first-order chi connectivity index (χ1) is 14.2. The van der Waals surface area contributed by atoms with Crippen molar-refractivity contribution in [3.05, 3.63) is 66.7 Å². The molecule has 29 heavy (non-hydrogen) atoms. The highest BCUT2D eigenvalue weighted by Crippen LogP contribution is 2.36. The van der Waals surface area contributed by atoms with Crippen LogP contribution in [0.3, 0.4) is 0 Å². The van der Waals surface area contributed by atoms with Crippen LogP contribution in [0.25, 0.3) is 33.4 Å². The summed E-state index contributed by atoms with van der Waals surface area (Å²) in [4.78, 5) is 13.6. The van der Waals surface area contributed by atoms with Crippen LogP contribution in [0.15, 0.2) is 60.9 Å². The van der Waals surface area contributed by atoms with Crippen molar-refractivity contribution in [1.82, 2.24) is 15.0 Å². The van der Waals surface area contributed by atoms with Gasteiger partial charge in [-0.05, 0) is 42.3 Å². The summed E-state index contributed by atoms with van der Waals surface area (Å²) in [6.07, 6.45) is 4.38. The number of hydrogen-bond donors (Lipinski definition) is 1. The summed E-state index contributed by atoms with van der Waals surface area (Å²) in [6.45, 7) is 2.84. The molecule has 0 unspecified atom stereocenters. The van der Waals surface area contributed by atoms with Crippen LogP contribution in [0.4, 0.5) is 10.2 Å². The quantitative estimate of drug-likeness (QED) is 0.484. The number of ether oxygens (including phenoxy) is 1. The minimum atomic E-state index is -0.287. The second kappa shape index (κ2) is 8.22. The molecule has 0 bridgehead atoms. The van der Waals surface area contributed by atoms with Crippen molar-refractivity contribution >= 4 is 16.7 Å². The van der Waals surface area contributed by atoms with Gasteiger partial charge >= 0.3 is 0 Å². The lowest BCUT2D eigenvalue weighted by molar-refractivity contribution is 0.419. The Morgan fingerprint density at radius 1 is 1.03 bits per heavy atom. The average molecular weight is 388 g/mol. The van der Waals surface area contributed by atoms with Crippen LogP contribution >= 0.6 is 0 Å². The van der Waals surface area contributed by atoms with E-state index in [0.29, 0.717) is 34.0 Å². The fourth-order valence-corrected chi connectivity index (χ4v) is 3.21. The number of pyridine rings is 1. The van der Waals surface area contributed by atoms with E-state index in [1.807, 2.05) is 30.3 Å². The molecule has 4 aromatic rings. The number of aromatic nitrogens is 3. The van der Waals surface area contributed by atoms with Crippen molar-refractivity contribution in [3.8, 4) is 28.3 Å². The van der Waals surface area contributed by atoms with Crippen molar-refractivity contribution < 1.29 is 9.13 Å². The number of methoxy groups -OCH3 is 1. The van der Waals surface area contributed by atoms with Gasteiger partial charge < -0.3 is 10.1 Å². The summed E-state index contributed by atoms with van der Waals surface area (Å²) < 4.78 is 20.0. The van der Waals surface area contributed by atoms with Gasteiger partial charge in [-0.1, -0.05) is 25.1 Å². The first-order valence-corrected chi connectivity index (χ1v) is 9.50. The molecule has 5 nitrogen and oxygen atoms in total. The number of nitrogens with zero attached hydrogens (tertiary/aromatic N) is 3. The topological polar surface area (TPSA) is 59.9 Å². The van der Waals surface area contributed by atoms with Crippen LogP contribution in [-0.4, -0.2) is 28.6 Å². The summed E-state index contributed by atoms with van der Waals surface area (Å²) in [7, 11) is 1.59. The van der Waals surface area contributed by atoms with E-state index in [9.17, 15) is 4.39 Å². The first-order valence-electron chi connectivity index (χ1n) is 9.50. The molecule has 0 radical (unpaired) electrons. The third-order valence-corrected chi connectivity index (χ3v) is 4.63. The summed E-state index contributed by atoms with van der Waals surface area (Å²) in [6, 6.07) is 14.2. The standard InChI is InChI=1S/C23H21FN4O/c1-3-10-26-23-18-12-16(17-8-4-5-9-19(17)24)13-20(29-2)21(18)27-22(28-23)15-7-6-11-25-14-15/h4-9,11-14H,3,10H2,1-2H3,(H,26,27,28). The Bertz CT molecular complexity index is 1150. The molecule has 4 rings (SSSR count). The van der Waals surface area contributed by atoms with Crippen LogP contribution in [0.1, 0.15) is 13.3 Å². The lowest BCUT2D eigenvalue weighted by Crippen LogP contribution is -2.05. The number of benzene rings is 2. The Morgan fingerprint density at radius 3 is 2.62 bits per heavy atom. The number of fused-ring (bicyclic) bond motifs is 1. The molecule has 2 aromatic carbocycles. The summed E-state index contributed by atoms with van der Waals surface area (Å²) in [5.41, 5.74) is 2.70. The van der Waals surface area contributed by atoms with Crippen LogP contribution in [0.5, 0.6) is 5.75 Å². The van der Waals surface area contributed by atoms with Gasteiger partial charge in [-0.25, -0.2) is 14.4 Å². The molecule has 0 aliphatic rings. The predicted molar refractivity (Wildman–Crippen MR) is 113 cm³/mol. The third kappa shape index (κ3) is 3.74. The molecule has 6 heteroatoms. The van der Waals surface area contributed by atoms with Gasteiger partial charge in [0.05, 0.1) is 7.11 Å². The van der Waals surface area contributed by atoms with Gasteiger partial charge in [-0.2, -0.15) is 0 Å². The predicted octanol–water partition coefficient (Wildman–Crippen LogP) is 5.33. The van der Waals surface area contributed by atoms with Gasteiger partial charge in [0.2, 0.25) is 0 Å². The van der Waals surface area contributed by atoms with Crippen LogP contribution in [-0.2, 0) is 0 Å². The molecule has 0 saturated heterocycles.